The molecule has 1 aliphatic carbocycles. The number of hydrogen-bond donors (Lipinski definition) is 2. The molecule has 144 valence electrons. The number of anilines is 1. The van der Waals surface area contributed by atoms with E-state index in [9.17, 15) is 4.79 Å². The van der Waals surface area contributed by atoms with Crippen molar-refractivity contribution in [2.75, 3.05) is 18.5 Å². The standard InChI is InChI=1S/C23H18N2O3S/c26-22(15-5-8-20-21(13-15)28-10-9-27-20)25-23(29)24-17-6-7-19-16(12-17)11-14-3-1-2-4-18(14)19/h1-8,12-13H,9-11H2,(H2,24,25,26,29). The quantitative estimate of drug-likeness (QED) is 0.493. The van der Waals surface area contributed by atoms with Gasteiger partial charge in [-0.25, -0.2) is 0 Å². The van der Waals surface area contributed by atoms with Crippen LogP contribution in [0.5, 0.6) is 11.5 Å². The zero-order valence-corrected chi connectivity index (χ0v) is 16.3. The number of thiocarbonyl (C=S) groups is 1. The van der Waals surface area contributed by atoms with Crippen molar-refractivity contribution in [2.45, 2.75) is 6.42 Å². The topological polar surface area (TPSA) is 59.6 Å². The number of carbonyl (C=O) groups excluding carboxylic acids is 1. The Kier molecular flexibility index (Phi) is 4.41. The van der Waals surface area contributed by atoms with Gasteiger partial charge >= 0.3 is 0 Å². The van der Waals surface area contributed by atoms with E-state index in [0.717, 1.165) is 12.1 Å². The average molecular weight is 402 g/mol. The van der Waals surface area contributed by atoms with Gasteiger partial charge in [0.1, 0.15) is 13.2 Å². The molecular formula is C23H18N2O3S. The number of ether oxygens (including phenoxy) is 2. The maximum Gasteiger partial charge on any atom is 0.257 e. The molecule has 0 aromatic heterocycles. The van der Waals surface area contributed by atoms with Crippen molar-refractivity contribution in [1.29, 1.82) is 0 Å². The van der Waals surface area contributed by atoms with Crippen LogP contribution in [0.25, 0.3) is 11.1 Å². The minimum atomic E-state index is -0.298. The van der Waals surface area contributed by atoms with Gasteiger partial charge in [0.05, 0.1) is 0 Å². The molecule has 1 amide bonds. The van der Waals surface area contributed by atoms with Crippen LogP contribution in [0, 0.1) is 0 Å². The van der Waals surface area contributed by atoms with Gasteiger partial charge in [-0.2, -0.15) is 0 Å². The van der Waals surface area contributed by atoms with Crippen molar-refractivity contribution in [2.24, 2.45) is 0 Å². The molecule has 0 saturated carbocycles. The molecule has 1 aliphatic heterocycles. The lowest BCUT2D eigenvalue weighted by Crippen LogP contribution is -2.34. The van der Waals surface area contributed by atoms with E-state index in [0.29, 0.717) is 30.3 Å². The third-order valence-corrected chi connectivity index (χ3v) is 5.29. The smallest absolute Gasteiger partial charge is 0.257 e. The number of rotatable bonds is 2. The molecule has 0 atom stereocenters. The van der Waals surface area contributed by atoms with Crippen LogP contribution in [-0.2, 0) is 6.42 Å². The molecule has 5 nitrogen and oxygen atoms in total. The highest BCUT2D eigenvalue weighted by Gasteiger charge is 2.19. The zero-order chi connectivity index (χ0) is 19.8. The van der Waals surface area contributed by atoms with E-state index in [1.54, 1.807) is 18.2 Å². The Bertz CT molecular complexity index is 1140. The summed E-state index contributed by atoms with van der Waals surface area (Å²) in [7, 11) is 0. The van der Waals surface area contributed by atoms with Crippen molar-refractivity contribution in [1.82, 2.24) is 5.32 Å². The molecule has 3 aromatic carbocycles. The van der Waals surface area contributed by atoms with Crippen LogP contribution in [0.4, 0.5) is 5.69 Å². The fourth-order valence-corrected chi connectivity index (χ4v) is 3.96. The van der Waals surface area contributed by atoms with Gasteiger partial charge in [-0.1, -0.05) is 30.3 Å². The second-order valence-electron chi connectivity index (χ2n) is 6.97. The summed E-state index contributed by atoms with van der Waals surface area (Å²) in [6.45, 7) is 0.985. The van der Waals surface area contributed by atoms with E-state index in [2.05, 4.69) is 47.0 Å². The third-order valence-electron chi connectivity index (χ3n) is 5.08. The normalized spacial score (nSPS) is 13.2. The Labute approximate surface area is 173 Å². The summed E-state index contributed by atoms with van der Waals surface area (Å²) in [6, 6.07) is 19.7. The largest absolute Gasteiger partial charge is 0.486 e. The average Bonchev–Trinajstić information content (AvgIpc) is 3.11. The second-order valence-corrected chi connectivity index (χ2v) is 7.38. The molecule has 2 N–H and O–H groups in total. The summed E-state index contributed by atoms with van der Waals surface area (Å²) in [5, 5.41) is 6.08. The van der Waals surface area contributed by atoms with Crippen LogP contribution in [0.1, 0.15) is 21.5 Å². The molecule has 0 saturated heterocycles. The van der Waals surface area contributed by atoms with Crippen LogP contribution in [0.2, 0.25) is 0 Å². The van der Waals surface area contributed by atoms with Crippen LogP contribution in [0.3, 0.4) is 0 Å². The maximum absolute atomic E-state index is 12.5. The lowest BCUT2D eigenvalue weighted by atomic mass is 10.1. The lowest BCUT2D eigenvalue weighted by molar-refractivity contribution is 0.0976. The summed E-state index contributed by atoms with van der Waals surface area (Å²) in [4.78, 5) is 12.5. The number of benzene rings is 3. The SMILES string of the molecule is O=C(NC(=S)Nc1ccc2c(c1)Cc1ccccc1-2)c1ccc2c(c1)OCCO2. The molecule has 2 aliphatic rings. The second kappa shape index (κ2) is 7.22. The summed E-state index contributed by atoms with van der Waals surface area (Å²) in [5.74, 6) is 0.918. The summed E-state index contributed by atoms with van der Waals surface area (Å²) >= 11 is 5.33. The molecule has 0 bridgehead atoms. The van der Waals surface area contributed by atoms with Crippen LogP contribution >= 0.6 is 12.2 Å². The Morgan fingerprint density at radius 2 is 1.66 bits per heavy atom. The first-order chi connectivity index (χ1) is 14.2. The molecule has 0 unspecified atom stereocenters. The molecule has 6 heteroatoms. The van der Waals surface area contributed by atoms with Crippen molar-refractivity contribution in [3.63, 3.8) is 0 Å². The first-order valence-corrected chi connectivity index (χ1v) is 9.81. The van der Waals surface area contributed by atoms with E-state index >= 15 is 0 Å². The van der Waals surface area contributed by atoms with E-state index in [4.69, 9.17) is 21.7 Å². The zero-order valence-electron chi connectivity index (χ0n) is 15.5. The highest BCUT2D eigenvalue weighted by atomic mass is 32.1. The molecule has 1 heterocycles. The molecule has 0 spiro atoms. The predicted octanol–water partition coefficient (Wildman–Crippen LogP) is 4.16. The Hall–Kier alpha value is -3.38. The molecule has 0 radical (unpaired) electrons. The number of fused-ring (bicyclic) bond motifs is 4. The number of hydrogen-bond acceptors (Lipinski definition) is 4. The Morgan fingerprint density at radius 1 is 0.862 bits per heavy atom. The molecule has 29 heavy (non-hydrogen) atoms. The minimum absolute atomic E-state index is 0.250. The lowest BCUT2D eigenvalue weighted by Gasteiger charge is -2.18. The summed E-state index contributed by atoms with van der Waals surface area (Å²) in [6.07, 6.45) is 0.900. The van der Waals surface area contributed by atoms with E-state index < -0.39 is 0 Å². The monoisotopic (exact) mass is 402 g/mol. The van der Waals surface area contributed by atoms with Crippen molar-refractivity contribution in [3.05, 3.63) is 77.4 Å². The fourth-order valence-electron chi connectivity index (χ4n) is 3.75. The van der Waals surface area contributed by atoms with Gasteiger partial charge in [0.15, 0.2) is 16.6 Å². The molecular weight excluding hydrogens is 384 g/mol. The summed E-state index contributed by atoms with van der Waals surface area (Å²) < 4.78 is 11.0. The predicted molar refractivity (Wildman–Crippen MR) is 116 cm³/mol. The summed E-state index contributed by atoms with van der Waals surface area (Å²) in [5.41, 5.74) is 6.42. The highest BCUT2D eigenvalue weighted by Crippen LogP contribution is 2.37. The van der Waals surface area contributed by atoms with Crippen LogP contribution in [0.15, 0.2) is 60.7 Å². The van der Waals surface area contributed by atoms with Gasteiger partial charge in [-0.3, -0.25) is 10.1 Å². The van der Waals surface area contributed by atoms with Gasteiger partial charge < -0.3 is 14.8 Å². The van der Waals surface area contributed by atoms with Gasteiger partial charge in [-0.15, -0.1) is 0 Å². The third kappa shape index (κ3) is 3.43. The first kappa shape index (κ1) is 17.7. The molecule has 0 fully saturated rings. The van der Waals surface area contributed by atoms with Gasteiger partial charge in [0.2, 0.25) is 0 Å². The van der Waals surface area contributed by atoms with E-state index in [-0.39, 0.29) is 11.0 Å². The Balaban J connectivity index is 1.27. The molecule has 3 aromatic rings. The first-order valence-electron chi connectivity index (χ1n) is 9.40. The number of nitrogens with one attached hydrogen (secondary N) is 2. The van der Waals surface area contributed by atoms with E-state index in [1.807, 2.05) is 6.07 Å². The Morgan fingerprint density at radius 3 is 2.55 bits per heavy atom. The maximum atomic E-state index is 12.5. The van der Waals surface area contributed by atoms with Crippen molar-refractivity contribution < 1.29 is 14.3 Å². The van der Waals surface area contributed by atoms with Crippen LogP contribution in [-0.4, -0.2) is 24.2 Å². The number of amides is 1. The van der Waals surface area contributed by atoms with Crippen LogP contribution < -0.4 is 20.1 Å². The highest BCUT2D eigenvalue weighted by molar-refractivity contribution is 7.80. The fraction of sp³-hybridized carbons (Fsp3) is 0.130. The number of carbonyl (C=O) groups is 1. The van der Waals surface area contributed by atoms with Crippen molar-refractivity contribution in [3.8, 4) is 22.6 Å². The minimum Gasteiger partial charge on any atom is -0.486 e. The van der Waals surface area contributed by atoms with Gasteiger partial charge in [-0.05, 0) is 71.2 Å². The van der Waals surface area contributed by atoms with Gasteiger partial charge in [0.25, 0.3) is 5.91 Å². The van der Waals surface area contributed by atoms with Crippen molar-refractivity contribution >= 4 is 28.9 Å². The van der Waals surface area contributed by atoms with E-state index in [1.165, 1.54) is 22.3 Å². The molecule has 5 rings (SSSR count). The van der Waals surface area contributed by atoms with Gasteiger partial charge in [0, 0.05) is 11.3 Å².